The lowest BCUT2D eigenvalue weighted by Crippen LogP contribution is -2.29. The molecule has 0 saturated heterocycles. The van der Waals surface area contributed by atoms with Crippen LogP contribution in [-0.2, 0) is 16.2 Å². The van der Waals surface area contributed by atoms with E-state index in [0.717, 1.165) is 6.07 Å². The molecular formula is C15H12ClF4NO3S. The van der Waals surface area contributed by atoms with Crippen molar-refractivity contribution in [1.82, 2.24) is 4.72 Å². The van der Waals surface area contributed by atoms with Crippen LogP contribution in [0.1, 0.15) is 5.56 Å². The second kappa shape index (κ2) is 7.59. The lowest BCUT2D eigenvalue weighted by atomic mass is 10.2. The summed E-state index contributed by atoms with van der Waals surface area (Å²) in [6.45, 7) is -0.514. The van der Waals surface area contributed by atoms with Crippen molar-refractivity contribution in [3.63, 3.8) is 0 Å². The minimum absolute atomic E-state index is 0.0706. The number of rotatable bonds is 6. The highest BCUT2D eigenvalue weighted by Gasteiger charge is 2.32. The topological polar surface area (TPSA) is 55.4 Å². The van der Waals surface area contributed by atoms with Gasteiger partial charge in [-0.1, -0.05) is 23.7 Å². The van der Waals surface area contributed by atoms with Crippen LogP contribution in [-0.4, -0.2) is 21.6 Å². The fourth-order valence-corrected chi connectivity index (χ4v) is 3.40. The molecule has 2 aromatic rings. The van der Waals surface area contributed by atoms with Crippen molar-refractivity contribution in [3.05, 3.63) is 58.9 Å². The van der Waals surface area contributed by atoms with Gasteiger partial charge in [-0.3, -0.25) is 0 Å². The van der Waals surface area contributed by atoms with Gasteiger partial charge in [-0.05, 0) is 30.3 Å². The predicted molar refractivity (Wildman–Crippen MR) is 83.5 cm³/mol. The Morgan fingerprint density at radius 2 is 1.80 bits per heavy atom. The van der Waals surface area contributed by atoms with E-state index in [9.17, 15) is 26.0 Å². The van der Waals surface area contributed by atoms with Crippen molar-refractivity contribution in [2.24, 2.45) is 0 Å². The average molecular weight is 398 g/mol. The summed E-state index contributed by atoms with van der Waals surface area (Å²) >= 11 is 5.69. The maximum atomic E-state index is 13.3. The number of nitrogens with one attached hydrogen (secondary N) is 1. The molecule has 4 nitrogen and oxygen atoms in total. The average Bonchev–Trinajstić information content (AvgIpc) is 2.52. The van der Waals surface area contributed by atoms with E-state index in [2.05, 4.69) is 4.72 Å². The minimum Gasteiger partial charge on any atom is -0.489 e. The standard InChI is InChI=1S/C15H12ClF4NO3S/c16-11-6-5-10(15(18,19)20)9-14(11)25(22,23)21-7-8-24-13-4-2-1-3-12(13)17/h1-6,9,21H,7-8H2. The number of halogens is 5. The molecule has 0 radical (unpaired) electrons. The molecule has 25 heavy (non-hydrogen) atoms. The van der Waals surface area contributed by atoms with Gasteiger partial charge >= 0.3 is 6.18 Å². The summed E-state index contributed by atoms with van der Waals surface area (Å²) in [6, 6.07) is 7.50. The van der Waals surface area contributed by atoms with Gasteiger partial charge in [0.05, 0.1) is 10.6 Å². The number of hydrogen-bond acceptors (Lipinski definition) is 3. The highest BCUT2D eigenvalue weighted by atomic mass is 35.5. The van der Waals surface area contributed by atoms with Crippen molar-refractivity contribution in [2.75, 3.05) is 13.2 Å². The first-order valence-corrected chi connectivity index (χ1v) is 8.71. The zero-order valence-electron chi connectivity index (χ0n) is 12.5. The molecule has 0 amide bonds. The summed E-state index contributed by atoms with van der Waals surface area (Å²) in [6.07, 6.45) is -4.71. The van der Waals surface area contributed by atoms with Gasteiger partial charge < -0.3 is 4.74 Å². The Bertz CT molecular complexity index is 856. The van der Waals surface area contributed by atoms with E-state index in [4.69, 9.17) is 16.3 Å². The maximum Gasteiger partial charge on any atom is 0.416 e. The Labute approximate surface area is 146 Å². The smallest absolute Gasteiger partial charge is 0.416 e. The first-order valence-electron chi connectivity index (χ1n) is 6.85. The second-order valence-corrected chi connectivity index (χ2v) is 6.96. The summed E-state index contributed by atoms with van der Waals surface area (Å²) in [5, 5.41) is -0.351. The molecule has 2 rings (SSSR count). The van der Waals surface area contributed by atoms with Crippen LogP contribution in [0.25, 0.3) is 0 Å². The van der Waals surface area contributed by atoms with Crippen LogP contribution in [0.15, 0.2) is 47.4 Å². The molecule has 2 aromatic carbocycles. The third-order valence-corrected chi connectivity index (χ3v) is 4.98. The molecule has 136 valence electrons. The molecule has 0 aromatic heterocycles. The van der Waals surface area contributed by atoms with Crippen molar-refractivity contribution >= 4 is 21.6 Å². The van der Waals surface area contributed by atoms with Gasteiger partial charge in [-0.25, -0.2) is 17.5 Å². The van der Waals surface area contributed by atoms with Gasteiger partial charge in [0.2, 0.25) is 10.0 Å². The Morgan fingerprint density at radius 1 is 1.12 bits per heavy atom. The number of ether oxygens (including phenoxy) is 1. The van der Waals surface area contributed by atoms with Crippen LogP contribution in [0.4, 0.5) is 17.6 Å². The number of para-hydroxylation sites is 1. The van der Waals surface area contributed by atoms with E-state index >= 15 is 0 Å². The molecule has 1 N–H and O–H groups in total. The van der Waals surface area contributed by atoms with Gasteiger partial charge in [-0.15, -0.1) is 0 Å². The van der Waals surface area contributed by atoms with Gasteiger partial charge in [0.15, 0.2) is 11.6 Å². The summed E-state index contributed by atoms with van der Waals surface area (Å²) in [5.74, 6) is -0.690. The summed E-state index contributed by atoms with van der Waals surface area (Å²) in [4.78, 5) is -0.699. The minimum atomic E-state index is -4.71. The fourth-order valence-electron chi connectivity index (χ4n) is 1.86. The fraction of sp³-hybridized carbons (Fsp3) is 0.200. The van der Waals surface area contributed by atoms with Crippen molar-refractivity contribution in [3.8, 4) is 5.75 Å². The van der Waals surface area contributed by atoms with Gasteiger partial charge in [0.1, 0.15) is 11.5 Å². The van der Waals surface area contributed by atoms with Gasteiger partial charge in [0.25, 0.3) is 0 Å². The van der Waals surface area contributed by atoms with Gasteiger partial charge in [0, 0.05) is 6.54 Å². The third-order valence-electron chi connectivity index (χ3n) is 3.04. The lowest BCUT2D eigenvalue weighted by molar-refractivity contribution is -0.137. The Kier molecular flexibility index (Phi) is 5.91. The number of hydrogen-bond donors (Lipinski definition) is 1. The molecule has 0 bridgehead atoms. The zero-order valence-corrected chi connectivity index (χ0v) is 14.1. The molecule has 0 saturated carbocycles. The van der Waals surface area contributed by atoms with Gasteiger partial charge in [-0.2, -0.15) is 13.2 Å². The van der Waals surface area contributed by atoms with Crippen LogP contribution in [0, 0.1) is 5.82 Å². The number of alkyl halides is 3. The summed E-state index contributed by atoms with van der Waals surface area (Å²) < 4.78 is 82.8. The molecule has 0 fully saturated rings. The van der Waals surface area contributed by atoms with E-state index in [0.29, 0.717) is 12.1 Å². The summed E-state index contributed by atoms with van der Waals surface area (Å²) in [7, 11) is -4.29. The quantitative estimate of drug-likeness (QED) is 0.595. The van der Waals surface area contributed by atoms with Crippen molar-refractivity contribution in [2.45, 2.75) is 11.1 Å². The maximum absolute atomic E-state index is 13.3. The van der Waals surface area contributed by atoms with Crippen molar-refractivity contribution in [1.29, 1.82) is 0 Å². The first kappa shape index (κ1) is 19.5. The Balaban J connectivity index is 2.06. The predicted octanol–water partition coefficient (Wildman–Crippen LogP) is 3.86. The molecule has 0 heterocycles. The molecule has 0 aliphatic rings. The lowest BCUT2D eigenvalue weighted by Gasteiger charge is -2.12. The van der Waals surface area contributed by atoms with E-state index < -0.39 is 32.5 Å². The highest BCUT2D eigenvalue weighted by molar-refractivity contribution is 7.89. The van der Waals surface area contributed by atoms with Crippen LogP contribution in [0.2, 0.25) is 5.02 Å². The SMILES string of the molecule is O=S(=O)(NCCOc1ccccc1F)c1cc(C(F)(F)F)ccc1Cl. The number of benzene rings is 2. The van der Waals surface area contributed by atoms with E-state index in [-0.39, 0.29) is 23.9 Å². The molecule has 0 aliphatic heterocycles. The molecule has 0 atom stereocenters. The molecule has 0 spiro atoms. The second-order valence-electron chi connectivity index (χ2n) is 4.82. The molecule has 0 unspecified atom stereocenters. The zero-order chi connectivity index (χ0) is 18.7. The van der Waals surface area contributed by atoms with Crippen LogP contribution < -0.4 is 9.46 Å². The van der Waals surface area contributed by atoms with Crippen LogP contribution in [0.3, 0.4) is 0 Å². The Morgan fingerprint density at radius 3 is 2.44 bits per heavy atom. The monoisotopic (exact) mass is 397 g/mol. The normalized spacial score (nSPS) is 12.2. The van der Waals surface area contributed by atoms with Crippen LogP contribution in [0.5, 0.6) is 5.75 Å². The van der Waals surface area contributed by atoms with E-state index in [1.54, 1.807) is 0 Å². The first-order chi connectivity index (χ1) is 11.6. The molecule has 10 heteroatoms. The largest absolute Gasteiger partial charge is 0.489 e. The third kappa shape index (κ3) is 5.07. The molecular weight excluding hydrogens is 386 g/mol. The van der Waals surface area contributed by atoms with Crippen LogP contribution >= 0.6 is 11.6 Å². The molecule has 0 aliphatic carbocycles. The number of sulfonamides is 1. The Hall–Kier alpha value is -1.84. The van der Waals surface area contributed by atoms with E-state index in [1.807, 2.05) is 0 Å². The van der Waals surface area contributed by atoms with E-state index in [1.165, 1.54) is 24.3 Å². The highest BCUT2D eigenvalue weighted by Crippen LogP contribution is 2.33. The van der Waals surface area contributed by atoms with Crippen molar-refractivity contribution < 1.29 is 30.7 Å². The summed E-state index contributed by atoms with van der Waals surface area (Å²) in [5.41, 5.74) is -1.14.